The highest BCUT2D eigenvalue weighted by molar-refractivity contribution is 5.76. The van der Waals surface area contributed by atoms with Gasteiger partial charge in [-0.15, -0.1) is 0 Å². The smallest absolute Gasteiger partial charge is 0.248 e. The van der Waals surface area contributed by atoms with Gasteiger partial charge in [0.1, 0.15) is 6.61 Å². The lowest BCUT2D eigenvalue weighted by Gasteiger charge is -2.22. The van der Waals surface area contributed by atoms with Crippen molar-refractivity contribution < 1.29 is 9.90 Å². The van der Waals surface area contributed by atoms with Gasteiger partial charge in [0.15, 0.2) is 0 Å². The van der Waals surface area contributed by atoms with Crippen molar-refractivity contribution in [1.82, 2.24) is 4.90 Å². The molecule has 0 saturated carbocycles. The number of aryl methyl sites for hydroxylation is 1. The largest absolute Gasteiger partial charge is 0.387 e. The van der Waals surface area contributed by atoms with Crippen LogP contribution in [0.3, 0.4) is 0 Å². The Bertz CT molecular complexity index is 433. The van der Waals surface area contributed by atoms with E-state index >= 15 is 0 Å². The SMILES string of the molecule is Cc1cc(C(C)(C)C)ccc1CN(C)C(=O)CO. The van der Waals surface area contributed by atoms with Crippen LogP contribution in [0.15, 0.2) is 18.2 Å². The first-order valence-corrected chi connectivity index (χ1v) is 6.20. The van der Waals surface area contributed by atoms with Crippen LogP contribution in [0.5, 0.6) is 0 Å². The van der Waals surface area contributed by atoms with E-state index in [-0.39, 0.29) is 11.3 Å². The van der Waals surface area contributed by atoms with Gasteiger partial charge in [0.2, 0.25) is 5.91 Å². The Morgan fingerprint density at radius 1 is 1.33 bits per heavy atom. The van der Waals surface area contributed by atoms with Gasteiger partial charge in [-0.05, 0) is 29.0 Å². The standard InChI is InChI=1S/C15H23NO2/c1-11-8-13(15(2,3)4)7-6-12(11)9-16(5)14(18)10-17/h6-8,17H,9-10H2,1-5H3. The first kappa shape index (κ1) is 14.7. The van der Waals surface area contributed by atoms with Crippen LogP contribution < -0.4 is 0 Å². The number of hydrogen-bond acceptors (Lipinski definition) is 2. The number of aliphatic hydroxyl groups excluding tert-OH is 1. The molecule has 0 aliphatic heterocycles. The molecule has 0 spiro atoms. The predicted molar refractivity (Wildman–Crippen MR) is 73.4 cm³/mol. The van der Waals surface area contributed by atoms with Crippen LogP contribution in [0.1, 0.15) is 37.5 Å². The predicted octanol–water partition coefficient (Wildman–Crippen LogP) is 2.24. The van der Waals surface area contributed by atoms with Gasteiger partial charge in [0, 0.05) is 13.6 Å². The number of rotatable bonds is 3. The van der Waals surface area contributed by atoms with Crippen LogP contribution in [-0.2, 0) is 16.8 Å². The summed E-state index contributed by atoms with van der Waals surface area (Å²) in [4.78, 5) is 12.9. The fourth-order valence-corrected chi connectivity index (χ4v) is 1.80. The van der Waals surface area contributed by atoms with Gasteiger partial charge in [-0.2, -0.15) is 0 Å². The third-order valence-electron chi connectivity index (χ3n) is 3.18. The minimum absolute atomic E-state index is 0.135. The highest BCUT2D eigenvalue weighted by atomic mass is 16.3. The average molecular weight is 249 g/mol. The number of hydrogen-bond donors (Lipinski definition) is 1. The summed E-state index contributed by atoms with van der Waals surface area (Å²) in [7, 11) is 1.70. The lowest BCUT2D eigenvalue weighted by Crippen LogP contribution is -2.29. The van der Waals surface area contributed by atoms with Gasteiger partial charge in [0.05, 0.1) is 0 Å². The van der Waals surface area contributed by atoms with Gasteiger partial charge in [-0.1, -0.05) is 39.0 Å². The van der Waals surface area contributed by atoms with E-state index < -0.39 is 6.61 Å². The number of likely N-dealkylation sites (N-methyl/N-ethyl adjacent to an activating group) is 1. The van der Waals surface area contributed by atoms with Crippen molar-refractivity contribution in [2.24, 2.45) is 0 Å². The molecule has 18 heavy (non-hydrogen) atoms. The van der Waals surface area contributed by atoms with Crippen LogP contribution in [0, 0.1) is 6.92 Å². The van der Waals surface area contributed by atoms with E-state index in [0.29, 0.717) is 6.54 Å². The maximum atomic E-state index is 11.3. The quantitative estimate of drug-likeness (QED) is 0.892. The van der Waals surface area contributed by atoms with E-state index in [1.165, 1.54) is 11.1 Å². The van der Waals surface area contributed by atoms with Crippen LogP contribution in [0.4, 0.5) is 0 Å². The summed E-state index contributed by atoms with van der Waals surface area (Å²) in [5.41, 5.74) is 3.73. The van der Waals surface area contributed by atoms with Crippen molar-refractivity contribution >= 4 is 5.91 Å². The van der Waals surface area contributed by atoms with E-state index in [0.717, 1.165) is 5.56 Å². The summed E-state index contributed by atoms with van der Waals surface area (Å²) in [6.45, 7) is 8.71. The van der Waals surface area contributed by atoms with Crippen molar-refractivity contribution in [2.75, 3.05) is 13.7 Å². The van der Waals surface area contributed by atoms with Gasteiger partial charge in [-0.25, -0.2) is 0 Å². The third-order valence-corrected chi connectivity index (χ3v) is 3.18. The molecule has 3 nitrogen and oxygen atoms in total. The fraction of sp³-hybridized carbons (Fsp3) is 0.533. The molecular weight excluding hydrogens is 226 g/mol. The Morgan fingerprint density at radius 3 is 2.39 bits per heavy atom. The molecule has 0 unspecified atom stereocenters. The van der Waals surface area contributed by atoms with E-state index in [1.807, 2.05) is 0 Å². The van der Waals surface area contributed by atoms with Gasteiger partial charge < -0.3 is 10.0 Å². The van der Waals surface area contributed by atoms with Crippen LogP contribution in [-0.4, -0.2) is 29.6 Å². The van der Waals surface area contributed by atoms with Crippen molar-refractivity contribution in [2.45, 2.75) is 39.7 Å². The number of aliphatic hydroxyl groups is 1. The van der Waals surface area contributed by atoms with Gasteiger partial charge in [0.25, 0.3) is 0 Å². The van der Waals surface area contributed by atoms with Gasteiger partial charge in [-0.3, -0.25) is 4.79 Å². The summed E-state index contributed by atoms with van der Waals surface area (Å²) in [6.07, 6.45) is 0. The van der Waals surface area contributed by atoms with Crippen molar-refractivity contribution in [3.05, 3.63) is 34.9 Å². The van der Waals surface area contributed by atoms with Crippen LogP contribution in [0.25, 0.3) is 0 Å². The Balaban J connectivity index is 2.90. The van der Waals surface area contributed by atoms with E-state index in [9.17, 15) is 4.79 Å². The highest BCUT2D eigenvalue weighted by Gasteiger charge is 2.15. The first-order chi connectivity index (χ1) is 8.25. The van der Waals surface area contributed by atoms with E-state index in [1.54, 1.807) is 11.9 Å². The zero-order chi connectivity index (χ0) is 13.9. The molecule has 3 heteroatoms. The molecule has 0 radical (unpaired) electrons. The van der Waals surface area contributed by atoms with Crippen LogP contribution >= 0.6 is 0 Å². The number of carbonyl (C=O) groups is 1. The van der Waals surface area contributed by atoms with Crippen molar-refractivity contribution in [1.29, 1.82) is 0 Å². The molecule has 1 aromatic carbocycles. The fourth-order valence-electron chi connectivity index (χ4n) is 1.80. The Morgan fingerprint density at radius 2 is 1.94 bits per heavy atom. The number of nitrogens with zero attached hydrogens (tertiary/aromatic N) is 1. The topological polar surface area (TPSA) is 40.5 Å². The molecule has 100 valence electrons. The highest BCUT2D eigenvalue weighted by Crippen LogP contribution is 2.24. The molecule has 1 rings (SSSR count). The van der Waals surface area contributed by atoms with E-state index in [2.05, 4.69) is 45.9 Å². The second-order valence-corrected chi connectivity index (χ2v) is 5.80. The molecule has 0 aromatic heterocycles. The molecule has 0 saturated heterocycles. The summed E-state index contributed by atoms with van der Waals surface area (Å²) in [5.74, 6) is -0.255. The van der Waals surface area contributed by atoms with Gasteiger partial charge >= 0.3 is 0 Å². The number of benzene rings is 1. The van der Waals surface area contributed by atoms with Crippen molar-refractivity contribution in [3.63, 3.8) is 0 Å². The van der Waals surface area contributed by atoms with E-state index in [4.69, 9.17) is 5.11 Å². The minimum atomic E-state index is -0.435. The minimum Gasteiger partial charge on any atom is -0.387 e. The molecule has 0 heterocycles. The van der Waals surface area contributed by atoms with Crippen LogP contribution in [0.2, 0.25) is 0 Å². The zero-order valence-corrected chi connectivity index (χ0v) is 11.9. The Kier molecular flexibility index (Phi) is 4.52. The summed E-state index contributed by atoms with van der Waals surface area (Å²) >= 11 is 0. The zero-order valence-electron chi connectivity index (χ0n) is 11.9. The summed E-state index contributed by atoms with van der Waals surface area (Å²) in [6, 6.07) is 6.35. The first-order valence-electron chi connectivity index (χ1n) is 6.20. The maximum absolute atomic E-state index is 11.3. The Hall–Kier alpha value is -1.35. The molecular formula is C15H23NO2. The molecule has 0 fully saturated rings. The second kappa shape index (κ2) is 5.53. The second-order valence-electron chi connectivity index (χ2n) is 5.80. The summed E-state index contributed by atoms with van der Waals surface area (Å²) < 4.78 is 0. The summed E-state index contributed by atoms with van der Waals surface area (Å²) in [5, 5.41) is 8.81. The lowest BCUT2D eigenvalue weighted by molar-refractivity contribution is -0.133. The molecule has 0 bridgehead atoms. The maximum Gasteiger partial charge on any atom is 0.248 e. The Labute approximate surface area is 109 Å². The molecule has 0 aliphatic rings. The molecule has 1 N–H and O–H groups in total. The molecule has 0 atom stereocenters. The third kappa shape index (κ3) is 3.57. The molecule has 1 amide bonds. The lowest BCUT2D eigenvalue weighted by atomic mass is 9.85. The number of amides is 1. The molecule has 0 aliphatic carbocycles. The number of carbonyl (C=O) groups excluding carboxylic acids is 1. The monoisotopic (exact) mass is 249 g/mol. The normalized spacial score (nSPS) is 11.4. The molecule has 1 aromatic rings. The average Bonchev–Trinajstić information content (AvgIpc) is 2.29. The van der Waals surface area contributed by atoms with Crippen molar-refractivity contribution in [3.8, 4) is 0 Å².